The van der Waals surface area contributed by atoms with E-state index in [4.69, 9.17) is 14.2 Å². The molecule has 7 nitrogen and oxygen atoms in total. The number of benzene rings is 1. The maximum Gasteiger partial charge on any atom is 0.248 e. The van der Waals surface area contributed by atoms with Gasteiger partial charge in [0.15, 0.2) is 11.5 Å². The van der Waals surface area contributed by atoms with Crippen LogP contribution in [0.2, 0.25) is 0 Å². The maximum atomic E-state index is 13.4. The lowest BCUT2D eigenvalue weighted by Gasteiger charge is -2.39. The van der Waals surface area contributed by atoms with E-state index in [0.29, 0.717) is 44.1 Å². The summed E-state index contributed by atoms with van der Waals surface area (Å²) in [5.74, 6) is 1.42. The zero-order valence-electron chi connectivity index (χ0n) is 17.9. The largest absolute Gasteiger partial charge is 0.493 e. The third kappa shape index (κ3) is 4.50. The Morgan fingerprint density at radius 3 is 2.66 bits per heavy atom. The Kier molecular flexibility index (Phi) is 6.67. The Morgan fingerprint density at radius 2 is 1.97 bits per heavy atom. The summed E-state index contributed by atoms with van der Waals surface area (Å²) in [6.07, 6.45) is 2.49. The first kappa shape index (κ1) is 21.4. The van der Waals surface area contributed by atoms with Gasteiger partial charge in [-0.2, -0.15) is 0 Å². The molecule has 3 rings (SSSR count). The first-order chi connectivity index (χ1) is 13.9. The molecule has 1 aromatic rings. The number of carbonyl (C=O) groups is 2. The molecule has 29 heavy (non-hydrogen) atoms. The lowest BCUT2D eigenvalue weighted by atomic mass is 9.78. The molecule has 1 atom stereocenters. The number of ether oxygens (including phenoxy) is 3. The third-order valence-electron chi connectivity index (χ3n) is 5.92. The molecule has 2 aliphatic rings. The number of methoxy groups -OCH3 is 2. The van der Waals surface area contributed by atoms with Crippen molar-refractivity contribution in [2.45, 2.75) is 45.8 Å². The van der Waals surface area contributed by atoms with Crippen molar-refractivity contribution in [2.75, 3.05) is 40.5 Å². The van der Waals surface area contributed by atoms with Crippen molar-refractivity contribution in [1.82, 2.24) is 9.80 Å². The van der Waals surface area contributed by atoms with Gasteiger partial charge in [0, 0.05) is 31.7 Å². The predicted molar refractivity (Wildman–Crippen MR) is 109 cm³/mol. The van der Waals surface area contributed by atoms with Gasteiger partial charge in [-0.15, -0.1) is 0 Å². The molecule has 2 heterocycles. The molecule has 1 unspecified atom stereocenters. The minimum absolute atomic E-state index is 0.0140. The average Bonchev–Trinajstić information content (AvgIpc) is 3.14. The molecular formula is C22H32N2O5. The Morgan fingerprint density at radius 1 is 1.17 bits per heavy atom. The minimum atomic E-state index is -0.474. The standard InChI is InChI=1S/C22H32N2O5/c1-16(2)29-14-19(25)24-12-10-22(15-24)9-6-11-23(21(22)26)13-17-7-5-8-18(27-3)20(17)28-4/h5,7-8,16H,6,9-15H2,1-4H3. The smallest absolute Gasteiger partial charge is 0.248 e. The minimum Gasteiger partial charge on any atom is -0.493 e. The lowest BCUT2D eigenvalue weighted by Crippen LogP contribution is -2.50. The van der Waals surface area contributed by atoms with Gasteiger partial charge in [-0.05, 0) is 39.2 Å². The van der Waals surface area contributed by atoms with Gasteiger partial charge >= 0.3 is 0 Å². The fourth-order valence-corrected chi connectivity index (χ4v) is 4.38. The van der Waals surface area contributed by atoms with Crippen LogP contribution in [-0.2, 0) is 20.9 Å². The van der Waals surface area contributed by atoms with Gasteiger partial charge in [-0.1, -0.05) is 12.1 Å². The molecule has 0 aromatic heterocycles. The summed E-state index contributed by atoms with van der Waals surface area (Å²) in [4.78, 5) is 29.6. The summed E-state index contributed by atoms with van der Waals surface area (Å²) in [7, 11) is 3.22. The molecule has 2 aliphatic heterocycles. The van der Waals surface area contributed by atoms with E-state index < -0.39 is 5.41 Å². The second-order valence-electron chi connectivity index (χ2n) is 8.19. The molecule has 0 bridgehead atoms. The van der Waals surface area contributed by atoms with Gasteiger partial charge < -0.3 is 24.0 Å². The van der Waals surface area contributed by atoms with E-state index in [1.807, 2.05) is 36.9 Å². The number of hydrogen-bond acceptors (Lipinski definition) is 5. The van der Waals surface area contributed by atoms with E-state index in [2.05, 4.69) is 0 Å². The number of likely N-dealkylation sites (tertiary alicyclic amines) is 2. The fourth-order valence-electron chi connectivity index (χ4n) is 4.38. The monoisotopic (exact) mass is 404 g/mol. The first-order valence-corrected chi connectivity index (χ1v) is 10.3. The number of rotatable bonds is 7. The molecule has 0 radical (unpaired) electrons. The van der Waals surface area contributed by atoms with Crippen LogP contribution >= 0.6 is 0 Å². The van der Waals surface area contributed by atoms with Crippen LogP contribution in [0, 0.1) is 5.41 Å². The number of carbonyl (C=O) groups excluding carboxylic acids is 2. The molecule has 0 N–H and O–H groups in total. The van der Waals surface area contributed by atoms with Gasteiger partial charge in [0.05, 0.1) is 25.7 Å². The Hall–Kier alpha value is -2.28. The normalized spacial score (nSPS) is 21.9. The maximum absolute atomic E-state index is 13.4. The highest BCUT2D eigenvalue weighted by molar-refractivity contribution is 5.86. The topological polar surface area (TPSA) is 68.3 Å². The van der Waals surface area contributed by atoms with E-state index in [1.54, 1.807) is 19.1 Å². The molecule has 2 fully saturated rings. The van der Waals surface area contributed by atoms with Crippen molar-refractivity contribution in [2.24, 2.45) is 5.41 Å². The van der Waals surface area contributed by atoms with Crippen molar-refractivity contribution in [1.29, 1.82) is 0 Å². The van der Waals surface area contributed by atoms with Crippen LogP contribution in [0.5, 0.6) is 11.5 Å². The third-order valence-corrected chi connectivity index (χ3v) is 5.92. The second-order valence-corrected chi connectivity index (χ2v) is 8.19. The zero-order valence-corrected chi connectivity index (χ0v) is 17.9. The quantitative estimate of drug-likeness (QED) is 0.698. The highest BCUT2D eigenvalue weighted by atomic mass is 16.5. The lowest BCUT2D eigenvalue weighted by molar-refractivity contribution is -0.147. The molecule has 1 spiro atoms. The van der Waals surface area contributed by atoms with Gasteiger partial charge in [-0.3, -0.25) is 9.59 Å². The van der Waals surface area contributed by atoms with Gasteiger partial charge in [0.25, 0.3) is 0 Å². The van der Waals surface area contributed by atoms with Crippen molar-refractivity contribution in [3.05, 3.63) is 23.8 Å². The predicted octanol–water partition coefficient (Wildman–Crippen LogP) is 2.47. The Labute approximate surface area is 172 Å². The summed E-state index contributed by atoms with van der Waals surface area (Å²) in [6.45, 7) is 6.19. The van der Waals surface area contributed by atoms with E-state index in [0.717, 1.165) is 18.4 Å². The number of amides is 2. The Balaban J connectivity index is 1.71. The Bertz CT molecular complexity index is 751. The van der Waals surface area contributed by atoms with Crippen LogP contribution in [0.3, 0.4) is 0 Å². The first-order valence-electron chi connectivity index (χ1n) is 10.3. The summed E-state index contributed by atoms with van der Waals surface area (Å²) in [5.41, 5.74) is 0.450. The molecule has 2 saturated heterocycles. The van der Waals surface area contributed by atoms with E-state index in [1.165, 1.54) is 0 Å². The molecule has 0 saturated carbocycles. The van der Waals surface area contributed by atoms with Gasteiger partial charge in [0.1, 0.15) is 6.61 Å². The number of nitrogens with zero attached hydrogens (tertiary/aromatic N) is 2. The SMILES string of the molecule is COc1cccc(CN2CCCC3(CCN(C(=O)COC(C)C)C3)C2=O)c1OC. The molecular weight excluding hydrogens is 372 g/mol. The summed E-state index contributed by atoms with van der Waals surface area (Å²) >= 11 is 0. The van der Waals surface area contributed by atoms with Crippen LogP contribution in [0.4, 0.5) is 0 Å². The van der Waals surface area contributed by atoms with Crippen molar-refractivity contribution in [3.63, 3.8) is 0 Å². The van der Waals surface area contributed by atoms with E-state index >= 15 is 0 Å². The summed E-state index contributed by atoms with van der Waals surface area (Å²) in [6, 6.07) is 5.72. The van der Waals surface area contributed by atoms with E-state index in [-0.39, 0.29) is 24.5 Å². The molecule has 2 amide bonds. The highest BCUT2D eigenvalue weighted by Gasteiger charge is 2.49. The van der Waals surface area contributed by atoms with Gasteiger partial charge in [-0.25, -0.2) is 0 Å². The molecule has 160 valence electrons. The molecule has 0 aliphatic carbocycles. The average molecular weight is 405 g/mol. The van der Waals surface area contributed by atoms with Crippen LogP contribution < -0.4 is 9.47 Å². The van der Waals surface area contributed by atoms with E-state index in [9.17, 15) is 9.59 Å². The van der Waals surface area contributed by atoms with Crippen LogP contribution in [0.1, 0.15) is 38.7 Å². The van der Waals surface area contributed by atoms with Crippen LogP contribution in [0.25, 0.3) is 0 Å². The van der Waals surface area contributed by atoms with Crippen LogP contribution in [-0.4, -0.2) is 68.2 Å². The zero-order chi connectivity index (χ0) is 21.0. The summed E-state index contributed by atoms with van der Waals surface area (Å²) < 4.78 is 16.4. The fraction of sp³-hybridized carbons (Fsp3) is 0.636. The summed E-state index contributed by atoms with van der Waals surface area (Å²) in [5, 5.41) is 0. The number of hydrogen-bond donors (Lipinski definition) is 0. The molecule has 7 heteroatoms. The van der Waals surface area contributed by atoms with Crippen LogP contribution in [0.15, 0.2) is 18.2 Å². The molecule has 1 aromatic carbocycles. The van der Waals surface area contributed by atoms with Crippen molar-refractivity contribution in [3.8, 4) is 11.5 Å². The van der Waals surface area contributed by atoms with Crippen molar-refractivity contribution >= 4 is 11.8 Å². The van der Waals surface area contributed by atoms with Crippen molar-refractivity contribution < 1.29 is 23.8 Å². The highest BCUT2D eigenvalue weighted by Crippen LogP contribution is 2.41. The number of piperidine rings is 1. The second kappa shape index (κ2) is 9.03. The number of para-hydroxylation sites is 1. The van der Waals surface area contributed by atoms with Gasteiger partial charge in [0.2, 0.25) is 11.8 Å².